The lowest BCUT2D eigenvalue weighted by Gasteiger charge is -2.22. The van der Waals surface area contributed by atoms with Gasteiger partial charge in [-0.15, -0.1) is 0 Å². The van der Waals surface area contributed by atoms with E-state index in [4.69, 9.17) is 37.4 Å². The van der Waals surface area contributed by atoms with Gasteiger partial charge in [-0.2, -0.15) is 0 Å². The third-order valence-electron chi connectivity index (χ3n) is 4.41. The summed E-state index contributed by atoms with van der Waals surface area (Å²) < 4.78 is 16.4. The molecule has 2 aliphatic rings. The lowest BCUT2D eigenvalue weighted by molar-refractivity contribution is -0.139. The van der Waals surface area contributed by atoms with E-state index in [9.17, 15) is 9.59 Å². The van der Waals surface area contributed by atoms with Gasteiger partial charge in [0, 0.05) is 30.8 Å². The first kappa shape index (κ1) is 17.9. The van der Waals surface area contributed by atoms with Gasteiger partial charge in [0.1, 0.15) is 19.0 Å². The molecule has 140 valence electrons. The Hall–Kier alpha value is -2.44. The van der Waals surface area contributed by atoms with Crippen molar-refractivity contribution < 1.29 is 23.8 Å². The Balaban J connectivity index is 1.47. The van der Waals surface area contributed by atoms with Crippen molar-refractivity contribution in [3.05, 3.63) is 46.4 Å². The van der Waals surface area contributed by atoms with E-state index in [0.29, 0.717) is 46.2 Å². The number of carbonyl (C=O) groups excluding carboxylic acids is 2. The van der Waals surface area contributed by atoms with Gasteiger partial charge in [0.25, 0.3) is 0 Å². The van der Waals surface area contributed by atoms with Crippen LogP contribution >= 0.6 is 23.2 Å². The number of anilines is 1. The minimum atomic E-state index is -0.569. The highest BCUT2D eigenvalue weighted by molar-refractivity contribution is 6.42. The lowest BCUT2D eigenvalue weighted by atomic mass is 10.1. The molecular weight excluding hydrogens is 393 g/mol. The third-order valence-corrected chi connectivity index (χ3v) is 5.14. The number of ether oxygens (including phenoxy) is 3. The SMILES string of the molecule is O=C(Oc1ccc(Cl)c(Cl)c1)[C@@H]1CC(=O)N(c2ccc3c(c2)OCCO3)C1. The zero-order valence-corrected chi connectivity index (χ0v) is 15.6. The Morgan fingerprint density at radius 3 is 2.59 bits per heavy atom. The van der Waals surface area contributed by atoms with Crippen LogP contribution in [0.25, 0.3) is 0 Å². The molecule has 27 heavy (non-hydrogen) atoms. The molecule has 0 aromatic heterocycles. The lowest BCUT2D eigenvalue weighted by Crippen LogP contribution is -2.27. The number of benzene rings is 2. The van der Waals surface area contributed by atoms with Gasteiger partial charge in [-0.05, 0) is 24.3 Å². The molecule has 0 N–H and O–H groups in total. The first-order chi connectivity index (χ1) is 13.0. The van der Waals surface area contributed by atoms with Gasteiger partial charge in [-0.1, -0.05) is 23.2 Å². The van der Waals surface area contributed by atoms with E-state index in [1.165, 1.54) is 6.07 Å². The van der Waals surface area contributed by atoms with E-state index < -0.39 is 11.9 Å². The van der Waals surface area contributed by atoms with Crippen LogP contribution in [0.2, 0.25) is 10.0 Å². The molecule has 6 nitrogen and oxygen atoms in total. The molecule has 2 aromatic rings. The zero-order chi connectivity index (χ0) is 19.0. The minimum absolute atomic E-state index is 0.0780. The number of amides is 1. The van der Waals surface area contributed by atoms with Crippen LogP contribution < -0.4 is 19.1 Å². The number of esters is 1. The number of hydrogen-bond donors (Lipinski definition) is 0. The van der Waals surface area contributed by atoms with E-state index in [2.05, 4.69) is 0 Å². The Bertz CT molecular complexity index is 917. The second kappa shape index (κ2) is 7.29. The van der Waals surface area contributed by atoms with Gasteiger partial charge >= 0.3 is 5.97 Å². The van der Waals surface area contributed by atoms with Crippen LogP contribution in [0.3, 0.4) is 0 Å². The second-order valence-corrected chi connectivity index (χ2v) is 7.04. The van der Waals surface area contributed by atoms with E-state index in [1.54, 1.807) is 35.2 Å². The van der Waals surface area contributed by atoms with Gasteiger partial charge in [0.15, 0.2) is 11.5 Å². The van der Waals surface area contributed by atoms with Crippen molar-refractivity contribution in [3.8, 4) is 17.2 Å². The summed E-state index contributed by atoms with van der Waals surface area (Å²) >= 11 is 11.8. The number of halogens is 2. The smallest absolute Gasteiger partial charge is 0.316 e. The van der Waals surface area contributed by atoms with Gasteiger partial charge in [-0.3, -0.25) is 9.59 Å². The van der Waals surface area contributed by atoms with Gasteiger partial charge in [-0.25, -0.2) is 0 Å². The molecule has 1 fully saturated rings. The fourth-order valence-corrected chi connectivity index (χ4v) is 3.34. The van der Waals surface area contributed by atoms with Gasteiger partial charge in [0.05, 0.1) is 16.0 Å². The number of hydrogen-bond acceptors (Lipinski definition) is 5. The summed E-state index contributed by atoms with van der Waals surface area (Å²) in [6, 6.07) is 9.86. The summed E-state index contributed by atoms with van der Waals surface area (Å²) in [5, 5.41) is 0.666. The Morgan fingerprint density at radius 2 is 1.81 bits per heavy atom. The highest BCUT2D eigenvalue weighted by Gasteiger charge is 2.37. The van der Waals surface area contributed by atoms with Crippen molar-refractivity contribution in [2.75, 3.05) is 24.7 Å². The van der Waals surface area contributed by atoms with E-state index >= 15 is 0 Å². The molecule has 2 heterocycles. The molecule has 0 aliphatic carbocycles. The molecule has 1 saturated heterocycles. The van der Waals surface area contributed by atoms with E-state index in [-0.39, 0.29) is 18.9 Å². The van der Waals surface area contributed by atoms with Crippen molar-refractivity contribution in [1.82, 2.24) is 0 Å². The maximum atomic E-state index is 12.4. The number of fused-ring (bicyclic) bond motifs is 1. The fraction of sp³-hybridized carbons (Fsp3) is 0.263. The zero-order valence-electron chi connectivity index (χ0n) is 14.1. The largest absolute Gasteiger partial charge is 0.486 e. The number of nitrogens with zero attached hydrogens (tertiary/aromatic N) is 1. The molecule has 1 amide bonds. The average Bonchev–Trinajstić information content (AvgIpc) is 3.06. The van der Waals surface area contributed by atoms with Crippen LogP contribution in [0.5, 0.6) is 17.2 Å². The third kappa shape index (κ3) is 3.68. The number of carbonyl (C=O) groups is 2. The maximum Gasteiger partial charge on any atom is 0.316 e. The molecule has 4 rings (SSSR count). The first-order valence-corrected chi connectivity index (χ1v) is 9.13. The molecule has 2 aliphatic heterocycles. The average molecular weight is 408 g/mol. The summed E-state index contributed by atoms with van der Waals surface area (Å²) in [6.07, 6.45) is 0.0780. The van der Waals surface area contributed by atoms with Crippen LogP contribution in [0.4, 0.5) is 5.69 Å². The van der Waals surface area contributed by atoms with E-state index in [0.717, 1.165) is 0 Å². The molecule has 0 spiro atoms. The fourth-order valence-electron chi connectivity index (χ4n) is 3.05. The minimum Gasteiger partial charge on any atom is -0.486 e. The summed E-state index contributed by atoms with van der Waals surface area (Å²) in [5.41, 5.74) is 0.661. The first-order valence-electron chi connectivity index (χ1n) is 8.38. The quantitative estimate of drug-likeness (QED) is 0.572. The summed E-state index contributed by atoms with van der Waals surface area (Å²) in [4.78, 5) is 26.4. The molecule has 2 aromatic carbocycles. The topological polar surface area (TPSA) is 65.1 Å². The van der Waals surface area contributed by atoms with Crippen LogP contribution in [0.15, 0.2) is 36.4 Å². The maximum absolute atomic E-state index is 12.4. The summed E-state index contributed by atoms with van der Waals surface area (Å²) in [6.45, 7) is 1.19. The monoisotopic (exact) mass is 407 g/mol. The van der Waals surface area contributed by atoms with Gasteiger partial charge in [0.2, 0.25) is 5.91 Å². The molecular formula is C19H15Cl2NO5. The Kier molecular flexibility index (Phi) is 4.85. The predicted molar refractivity (Wildman–Crippen MR) is 100.0 cm³/mol. The normalized spacial score (nSPS) is 18.5. The Morgan fingerprint density at radius 1 is 1.04 bits per heavy atom. The predicted octanol–water partition coefficient (Wildman–Crippen LogP) is 3.72. The summed E-state index contributed by atoms with van der Waals surface area (Å²) in [7, 11) is 0. The summed E-state index contributed by atoms with van der Waals surface area (Å²) in [5.74, 6) is 0.324. The highest BCUT2D eigenvalue weighted by atomic mass is 35.5. The highest BCUT2D eigenvalue weighted by Crippen LogP contribution is 2.36. The Labute approximate surface area is 165 Å². The van der Waals surface area contributed by atoms with Crippen LogP contribution in [-0.4, -0.2) is 31.6 Å². The van der Waals surface area contributed by atoms with E-state index in [1.807, 2.05) is 0 Å². The standard InChI is InChI=1S/C19H15Cl2NO5/c20-14-3-2-13(9-15(14)21)27-19(24)11-7-18(23)22(10-11)12-1-4-16-17(8-12)26-6-5-25-16/h1-4,8-9,11H,5-7,10H2/t11-/m1/s1. The van der Waals surface area contributed by atoms with Crippen LogP contribution in [0.1, 0.15) is 6.42 Å². The van der Waals surface area contributed by atoms with Crippen molar-refractivity contribution in [2.24, 2.45) is 5.92 Å². The van der Waals surface area contributed by atoms with Crippen molar-refractivity contribution in [1.29, 1.82) is 0 Å². The van der Waals surface area contributed by atoms with Gasteiger partial charge < -0.3 is 19.1 Å². The molecule has 8 heteroatoms. The van der Waals surface area contributed by atoms with Crippen LogP contribution in [0, 0.1) is 5.92 Å². The van der Waals surface area contributed by atoms with Crippen molar-refractivity contribution in [2.45, 2.75) is 6.42 Å². The second-order valence-electron chi connectivity index (χ2n) is 6.23. The van der Waals surface area contributed by atoms with Crippen LogP contribution in [-0.2, 0) is 9.59 Å². The molecule has 1 atom stereocenters. The van der Waals surface area contributed by atoms with Crippen molar-refractivity contribution >= 4 is 40.8 Å². The molecule has 0 saturated carbocycles. The number of rotatable bonds is 3. The molecule has 0 radical (unpaired) electrons. The molecule has 0 bridgehead atoms. The molecule has 0 unspecified atom stereocenters. The van der Waals surface area contributed by atoms with Crippen molar-refractivity contribution in [3.63, 3.8) is 0 Å².